The van der Waals surface area contributed by atoms with Crippen molar-refractivity contribution >= 4 is 29.9 Å². The summed E-state index contributed by atoms with van der Waals surface area (Å²) < 4.78 is 12.9. The third-order valence-electron chi connectivity index (χ3n) is 3.89. The molecule has 0 atom stereocenters. The molecule has 0 saturated heterocycles. The largest absolute Gasteiger partial charge is 0.467 e. The van der Waals surface area contributed by atoms with Gasteiger partial charge in [-0.3, -0.25) is 4.99 Å². The summed E-state index contributed by atoms with van der Waals surface area (Å²) in [5, 5.41) is 11.5. The molecule has 0 aliphatic rings. The van der Waals surface area contributed by atoms with E-state index in [1.807, 2.05) is 26.1 Å². The normalized spacial score (nSPS) is 11.3. The Kier molecular flexibility index (Phi) is 11.7. The molecule has 152 valence electrons. The van der Waals surface area contributed by atoms with Crippen LogP contribution in [-0.4, -0.2) is 59.0 Å². The van der Waals surface area contributed by atoms with Crippen LogP contribution in [0.1, 0.15) is 31.9 Å². The molecule has 8 nitrogen and oxygen atoms in total. The number of rotatable bonds is 11. The first-order chi connectivity index (χ1) is 12.7. The van der Waals surface area contributed by atoms with Crippen molar-refractivity contribution in [2.24, 2.45) is 4.99 Å². The molecule has 0 unspecified atom stereocenters. The fourth-order valence-corrected chi connectivity index (χ4v) is 2.55. The maximum Gasteiger partial charge on any atom is 0.194 e. The lowest BCUT2D eigenvalue weighted by atomic mass is 10.4. The van der Waals surface area contributed by atoms with E-state index in [9.17, 15) is 0 Å². The second kappa shape index (κ2) is 13.5. The number of aliphatic imine (C=N–C) groups is 1. The lowest BCUT2D eigenvalue weighted by molar-refractivity contribution is 0.146. The van der Waals surface area contributed by atoms with Crippen LogP contribution in [0.5, 0.6) is 0 Å². The van der Waals surface area contributed by atoms with E-state index >= 15 is 0 Å². The summed E-state index contributed by atoms with van der Waals surface area (Å²) in [6.07, 6.45) is 5.23. The highest BCUT2D eigenvalue weighted by molar-refractivity contribution is 14.0. The number of hydrogen-bond donors (Lipinski definition) is 1. The molecule has 0 aliphatic carbocycles. The van der Waals surface area contributed by atoms with Gasteiger partial charge in [-0.2, -0.15) is 0 Å². The monoisotopic (exact) mass is 490 g/mol. The van der Waals surface area contributed by atoms with Gasteiger partial charge in [0.1, 0.15) is 17.9 Å². The molecule has 0 fully saturated rings. The van der Waals surface area contributed by atoms with E-state index < -0.39 is 0 Å². The SMILES string of the molecule is CCOCCCN=C(NCCn1cnnc1CC)N(C)Cc1ccco1.I. The zero-order valence-corrected chi connectivity index (χ0v) is 18.8. The molecule has 2 heterocycles. The molecule has 0 saturated carbocycles. The number of aromatic nitrogens is 3. The van der Waals surface area contributed by atoms with Crippen LogP contribution in [0, 0.1) is 0 Å². The third kappa shape index (κ3) is 8.29. The van der Waals surface area contributed by atoms with Crippen LogP contribution in [0.25, 0.3) is 0 Å². The van der Waals surface area contributed by atoms with Gasteiger partial charge in [0.05, 0.1) is 12.8 Å². The van der Waals surface area contributed by atoms with Crippen molar-refractivity contribution in [1.29, 1.82) is 0 Å². The molecule has 0 radical (unpaired) electrons. The third-order valence-corrected chi connectivity index (χ3v) is 3.89. The minimum absolute atomic E-state index is 0. The standard InChI is InChI=1S/C18H30N6O2.HI/c1-4-17-22-21-15-24(17)11-10-20-18(19-9-7-12-25-5-2)23(3)14-16-8-6-13-26-16;/h6,8,13,15H,4-5,7,9-12,14H2,1-3H3,(H,19,20);1H. The van der Waals surface area contributed by atoms with Crippen molar-refractivity contribution in [1.82, 2.24) is 25.0 Å². The van der Waals surface area contributed by atoms with E-state index in [0.717, 1.165) is 63.2 Å². The number of ether oxygens (including phenoxy) is 1. The molecule has 0 amide bonds. The summed E-state index contributed by atoms with van der Waals surface area (Å²) in [5.41, 5.74) is 0. The molecule has 2 aromatic rings. The molecule has 0 aliphatic heterocycles. The Bertz CT molecular complexity index is 644. The Morgan fingerprint density at radius 2 is 2.26 bits per heavy atom. The molecule has 0 aromatic carbocycles. The van der Waals surface area contributed by atoms with Crippen LogP contribution in [0.4, 0.5) is 0 Å². The van der Waals surface area contributed by atoms with Crippen molar-refractivity contribution in [3.63, 3.8) is 0 Å². The highest BCUT2D eigenvalue weighted by Crippen LogP contribution is 2.04. The van der Waals surface area contributed by atoms with Gasteiger partial charge in [0.15, 0.2) is 5.96 Å². The maximum absolute atomic E-state index is 5.44. The predicted octanol–water partition coefficient (Wildman–Crippen LogP) is 2.56. The van der Waals surface area contributed by atoms with Crippen molar-refractivity contribution in [2.75, 3.05) is 33.4 Å². The number of hydrogen-bond acceptors (Lipinski definition) is 5. The molecule has 9 heteroatoms. The second-order valence-electron chi connectivity index (χ2n) is 5.91. The Morgan fingerprint density at radius 1 is 1.41 bits per heavy atom. The van der Waals surface area contributed by atoms with E-state index in [2.05, 4.69) is 31.9 Å². The first-order valence-corrected chi connectivity index (χ1v) is 9.20. The average Bonchev–Trinajstić information content (AvgIpc) is 3.31. The van der Waals surface area contributed by atoms with Crippen molar-refractivity contribution in [3.8, 4) is 0 Å². The predicted molar refractivity (Wildman–Crippen MR) is 116 cm³/mol. The molecule has 27 heavy (non-hydrogen) atoms. The van der Waals surface area contributed by atoms with Crippen LogP contribution in [-0.2, 0) is 24.2 Å². The van der Waals surface area contributed by atoms with Gasteiger partial charge < -0.3 is 23.9 Å². The Labute approximate surface area is 178 Å². The van der Waals surface area contributed by atoms with E-state index in [4.69, 9.17) is 14.1 Å². The minimum Gasteiger partial charge on any atom is -0.467 e. The topological polar surface area (TPSA) is 80.7 Å². The van der Waals surface area contributed by atoms with Gasteiger partial charge in [-0.05, 0) is 25.5 Å². The molecule has 2 aromatic heterocycles. The smallest absolute Gasteiger partial charge is 0.194 e. The summed E-state index contributed by atoms with van der Waals surface area (Å²) in [6, 6.07) is 3.86. The van der Waals surface area contributed by atoms with Gasteiger partial charge in [-0.25, -0.2) is 0 Å². The molecular weight excluding hydrogens is 459 g/mol. The van der Waals surface area contributed by atoms with Crippen molar-refractivity contribution < 1.29 is 9.15 Å². The zero-order chi connectivity index (χ0) is 18.6. The number of halogens is 1. The van der Waals surface area contributed by atoms with Crippen molar-refractivity contribution in [2.45, 2.75) is 39.8 Å². The maximum atomic E-state index is 5.44. The van der Waals surface area contributed by atoms with Crippen LogP contribution >= 0.6 is 24.0 Å². The number of furan rings is 1. The van der Waals surface area contributed by atoms with E-state index in [1.165, 1.54) is 0 Å². The lowest BCUT2D eigenvalue weighted by Gasteiger charge is -2.22. The highest BCUT2D eigenvalue weighted by Gasteiger charge is 2.09. The number of guanidine groups is 1. The van der Waals surface area contributed by atoms with E-state index in [0.29, 0.717) is 6.54 Å². The van der Waals surface area contributed by atoms with Gasteiger partial charge in [0.2, 0.25) is 0 Å². The fraction of sp³-hybridized carbons (Fsp3) is 0.611. The molecule has 0 spiro atoms. The van der Waals surface area contributed by atoms with Crippen LogP contribution in [0.2, 0.25) is 0 Å². The lowest BCUT2D eigenvalue weighted by Crippen LogP contribution is -2.40. The Hall–Kier alpha value is -1.62. The van der Waals surface area contributed by atoms with Gasteiger partial charge in [-0.15, -0.1) is 34.2 Å². The average molecular weight is 490 g/mol. The molecule has 1 N–H and O–H groups in total. The van der Waals surface area contributed by atoms with E-state index in [1.54, 1.807) is 12.6 Å². The summed E-state index contributed by atoms with van der Waals surface area (Å²) in [7, 11) is 2.01. The first-order valence-electron chi connectivity index (χ1n) is 9.20. The zero-order valence-electron chi connectivity index (χ0n) is 16.4. The fourth-order valence-electron chi connectivity index (χ4n) is 2.55. The summed E-state index contributed by atoms with van der Waals surface area (Å²) in [4.78, 5) is 6.77. The number of aryl methyl sites for hydroxylation is 1. The number of nitrogens with zero attached hydrogens (tertiary/aromatic N) is 5. The highest BCUT2D eigenvalue weighted by atomic mass is 127. The second-order valence-corrected chi connectivity index (χ2v) is 5.91. The summed E-state index contributed by atoms with van der Waals surface area (Å²) in [6.45, 7) is 8.48. The van der Waals surface area contributed by atoms with Crippen molar-refractivity contribution in [3.05, 3.63) is 36.3 Å². The number of nitrogens with one attached hydrogen (secondary N) is 1. The van der Waals surface area contributed by atoms with Crippen LogP contribution < -0.4 is 5.32 Å². The first kappa shape index (κ1) is 23.4. The van der Waals surface area contributed by atoms with E-state index in [-0.39, 0.29) is 24.0 Å². The van der Waals surface area contributed by atoms with Gasteiger partial charge in [0.25, 0.3) is 0 Å². The molecule has 2 rings (SSSR count). The van der Waals surface area contributed by atoms with Gasteiger partial charge >= 0.3 is 0 Å². The van der Waals surface area contributed by atoms with Crippen LogP contribution in [0.3, 0.4) is 0 Å². The quantitative estimate of drug-likeness (QED) is 0.226. The minimum atomic E-state index is 0. The van der Waals surface area contributed by atoms with Gasteiger partial charge in [0, 0.05) is 46.3 Å². The van der Waals surface area contributed by atoms with Gasteiger partial charge in [-0.1, -0.05) is 6.92 Å². The van der Waals surface area contributed by atoms with Crippen LogP contribution in [0.15, 0.2) is 34.1 Å². The Balaban J connectivity index is 0.00000364. The molecular formula is C18H31IN6O2. The summed E-state index contributed by atoms with van der Waals surface area (Å²) >= 11 is 0. The Morgan fingerprint density at radius 3 is 2.96 bits per heavy atom. The summed E-state index contributed by atoms with van der Waals surface area (Å²) in [5.74, 6) is 2.75. The molecule has 0 bridgehead atoms.